The third-order valence-electron chi connectivity index (χ3n) is 9.70. The summed E-state index contributed by atoms with van der Waals surface area (Å²) in [7, 11) is 2.88. The summed E-state index contributed by atoms with van der Waals surface area (Å²) in [5.74, 6) is 0.581. The van der Waals surface area contributed by atoms with Gasteiger partial charge in [0.1, 0.15) is 17.5 Å². The van der Waals surface area contributed by atoms with E-state index >= 15 is 4.39 Å². The predicted molar refractivity (Wildman–Crippen MR) is 170 cm³/mol. The van der Waals surface area contributed by atoms with E-state index in [0.717, 1.165) is 30.3 Å². The first-order valence-electron chi connectivity index (χ1n) is 15.9. The average Bonchev–Trinajstić information content (AvgIpc) is 3.82. The Morgan fingerprint density at radius 2 is 1.83 bits per heavy atom. The minimum Gasteiger partial charge on any atom is -0.496 e. The number of ether oxygens (including phenoxy) is 2. The van der Waals surface area contributed by atoms with E-state index in [0.29, 0.717) is 46.9 Å². The van der Waals surface area contributed by atoms with E-state index in [2.05, 4.69) is 15.2 Å². The van der Waals surface area contributed by atoms with E-state index in [-0.39, 0.29) is 6.04 Å². The van der Waals surface area contributed by atoms with Crippen LogP contribution < -0.4 is 15.2 Å². The van der Waals surface area contributed by atoms with Gasteiger partial charge in [-0.15, -0.1) is 10.2 Å². The van der Waals surface area contributed by atoms with Gasteiger partial charge in [0.05, 0.1) is 30.5 Å². The number of amides is 1. The largest absolute Gasteiger partial charge is 0.496 e. The van der Waals surface area contributed by atoms with Crippen LogP contribution in [-0.2, 0) is 11.8 Å². The lowest BCUT2D eigenvalue weighted by Gasteiger charge is -2.63. The number of aromatic nitrogens is 4. The fourth-order valence-electron chi connectivity index (χ4n) is 7.38. The average molecular weight is 637 g/mol. The molecule has 2 bridgehead atoms. The van der Waals surface area contributed by atoms with Gasteiger partial charge >= 0.3 is 6.09 Å². The zero-order valence-corrected chi connectivity index (χ0v) is 27.5. The number of halogens is 2. The van der Waals surface area contributed by atoms with Gasteiger partial charge in [-0.1, -0.05) is 6.07 Å². The second-order valence-electron chi connectivity index (χ2n) is 14.4. The Labute approximate surface area is 267 Å². The Bertz CT molecular complexity index is 1710. The number of carbonyl (C=O) groups is 1. The van der Waals surface area contributed by atoms with Crippen molar-refractivity contribution in [2.24, 2.45) is 7.05 Å². The van der Waals surface area contributed by atoms with Crippen molar-refractivity contribution in [3.8, 4) is 28.3 Å². The minimum atomic E-state index is -1.34. The molecule has 0 unspecified atom stereocenters. The summed E-state index contributed by atoms with van der Waals surface area (Å²) in [4.78, 5) is 34.0. The van der Waals surface area contributed by atoms with Crippen molar-refractivity contribution < 1.29 is 23.0 Å². The Morgan fingerprint density at radius 3 is 2.43 bits per heavy atom. The Kier molecular flexibility index (Phi) is 7.84. The molecule has 0 radical (unpaired) electrons. The number of carbonyl (C=O) groups excluding carboxylic acids is 1. The summed E-state index contributed by atoms with van der Waals surface area (Å²) in [5, 5.41) is 8.99. The van der Waals surface area contributed by atoms with E-state index in [1.165, 1.54) is 26.3 Å². The Hall–Kier alpha value is -4.09. The van der Waals surface area contributed by atoms with Crippen molar-refractivity contribution >= 4 is 11.9 Å². The number of pyridine rings is 1. The molecule has 2 saturated heterocycles. The van der Waals surface area contributed by atoms with Gasteiger partial charge in [0.2, 0.25) is 0 Å². The van der Waals surface area contributed by atoms with Crippen molar-refractivity contribution in [2.75, 3.05) is 12.0 Å². The van der Waals surface area contributed by atoms with Gasteiger partial charge in [-0.3, -0.25) is 14.3 Å². The number of benzene rings is 1. The summed E-state index contributed by atoms with van der Waals surface area (Å²) >= 11 is 0. The molecule has 0 N–H and O–H groups in total. The molecular weight excluding hydrogens is 594 g/mol. The number of hydrogen-bond acceptors (Lipinski definition) is 8. The highest BCUT2D eigenvalue weighted by Gasteiger charge is 2.63. The number of fused-ring (bicyclic) bond motifs is 2. The van der Waals surface area contributed by atoms with Gasteiger partial charge in [-0.2, -0.15) is 4.39 Å². The second kappa shape index (κ2) is 11.3. The summed E-state index contributed by atoms with van der Waals surface area (Å²) in [6.07, 6.45) is 4.19. The maximum absolute atomic E-state index is 16.9. The Morgan fingerprint density at radius 1 is 1.09 bits per heavy atom. The van der Waals surface area contributed by atoms with Crippen molar-refractivity contribution in [3.05, 3.63) is 52.8 Å². The van der Waals surface area contributed by atoms with Crippen LogP contribution in [0.4, 0.5) is 19.4 Å². The molecule has 3 aromatic rings. The Balaban J connectivity index is 1.30. The molecule has 1 saturated carbocycles. The third kappa shape index (κ3) is 5.60. The van der Waals surface area contributed by atoms with Crippen molar-refractivity contribution in [2.45, 2.75) is 108 Å². The van der Waals surface area contributed by atoms with Gasteiger partial charge in [0.25, 0.3) is 5.56 Å². The molecular formula is C34H42F2N6O4. The normalized spacial score (nSPS) is 26.1. The maximum atomic E-state index is 16.9. The van der Waals surface area contributed by atoms with Gasteiger partial charge in [0.15, 0.2) is 17.6 Å². The molecule has 1 aromatic carbocycles. The van der Waals surface area contributed by atoms with Crippen LogP contribution in [0.3, 0.4) is 0 Å². The van der Waals surface area contributed by atoms with Gasteiger partial charge in [-0.05, 0) is 102 Å². The van der Waals surface area contributed by atoms with Gasteiger partial charge in [-0.25, -0.2) is 14.2 Å². The number of alkyl halides is 1. The van der Waals surface area contributed by atoms with Crippen LogP contribution in [0.5, 0.6) is 5.75 Å². The monoisotopic (exact) mass is 636 g/mol. The lowest BCUT2D eigenvalue weighted by atomic mass is 9.66. The molecule has 2 aliphatic heterocycles. The highest BCUT2D eigenvalue weighted by atomic mass is 19.1. The standard InChI is InChI=1S/C34H42F2N6O4/c1-32(2,3)46-31(44)42-33(4)13-8-14-34(42,5)29(36)24(18-33)41(22-10-11-22)27-19-37-30(39-38-27)23-12-9-20(15-25(23)45-7)21-16-26(35)40(6)28(43)17-21/h9,12,15-17,19,22,24,29H,8,10-11,13-14,18H2,1-7H3/t24-,29-,33-,34+/m0/s1. The van der Waals surface area contributed by atoms with E-state index in [4.69, 9.17) is 9.47 Å². The molecule has 46 heavy (non-hydrogen) atoms. The highest BCUT2D eigenvalue weighted by Crippen LogP contribution is 2.52. The van der Waals surface area contributed by atoms with Crippen LogP contribution >= 0.6 is 0 Å². The smallest absolute Gasteiger partial charge is 0.411 e. The number of hydrogen-bond donors (Lipinski definition) is 0. The van der Waals surface area contributed by atoms with E-state index < -0.39 is 46.5 Å². The first-order chi connectivity index (χ1) is 21.6. The SMILES string of the molecule is COc1cc(-c2cc(F)n(C)c(=O)c2)ccc1-c1ncc(N(C2CC2)[C@H]2C[C@]3(C)CCC[C@](C)([C@H]2F)N3C(=O)OC(C)(C)C)nn1. The van der Waals surface area contributed by atoms with Gasteiger partial charge < -0.3 is 14.4 Å². The first-order valence-corrected chi connectivity index (χ1v) is 15.9. The van der Waals surface area contributed by atoms with Crippen molar-refractivity contribution in [3.63, 3.8) is 0 Å². The molecule has 0 spiro atoms. The molecule has 3 aliphatic rings. The fourth-order valence-corrected chi connectivity index (χ4v) is 7.38. The van der Waals surface area contributed by atoms with Gasteiger partial charge in [0, 0.05) is 24.7 Å². The molecule has 4 heterocycles. The summed E-state index contributed by atoms with van der Waals surface area (Å²) in [6.45, 7) is 9.37. The topological polar surface area (TPSA) is 103 Å². The van der Waals surface area contributed by atoms with Crippen molar-refractivity contribution in [1.29, 1.82) is 0 Å². The van der Waals surface area contributed by atoms with Crippen LogP contribution in [0.15, 0.2) is 41.3 Å². The van der Waals surface area contributed by atoms with Crippen LogP contribution in [0.25, 0.3) is 22.5 Å². The van der Waals surface area contributed by atoms with Crippen LogP contribution in [0.2, 0.25) is 0 Å². The fraction of sp³-hybridized carbons (Fsp3) is 0.559. The molecule has 3 fully saturated rings. The summed E-state index contributed by atoms with van der Waals surface area (Å²) < 4.78 is 43.5. The molecule has 6 rings (SSSR count). The lowest BCUT2D eigenvalue weighted by molar-refractivity contribution is -0.127. The molecule has 12 heteroatoms. The number of anilines is 1. The highest BCUT2D eigenvalue weighted by molar-refractivity contribution is 5.73. The van der Waals surface area contributed by atoms with Crippen LogP contribution in [0.1, 0.15) is 73.1 Å². The summed E-state index contributed by atoms with van der Waals surface area (Å²) in [5.41, 5.74) is -1.18. The van der Waals surface area contributed by atoms with Crippen LogP contribution in [-0.4, -0.2) is 72.8 Å². The first kappa shape index (κ1) is 31.9. The molecule has 2 aromatic heterocycles. The quantitative estimate of drug-likeness (QED) is 0.301. The molecule has 246 valence electrons. The zero-order valence-electron chi connectivity index (χ0n) is 27.5. The number of nitrogens with zero attached hydrogens (tertiary/aromatic N) is 6. The third-order valence-corrected chi connectivity index (χ3v) is 9.70. The molecule has 1 aliphatic carbocycles. The number of piperidine rings is 2. The minimum absolute atomic E-state index is 0.110. The zero-order chi connectivity index (χ0) is 33.2. The molecule has 1 amide bonds. The number of rotatable bonds is 6. The second-order valence-corrected chi connectivity index (χ2v) is 14.4. The summed E-state index contributed by atoms with van der Waals surface area (Å²) in [6, 6.07) is 7.43. The van der Waals surface area contributed by atoms with E-state index in [9.17, 15) is 14.0 Å². The lowest BCUT2D eigenvalue weighted by Crippen LogP contribution is -2.75. The van der Waals surface area contributed by atoms with Crippen molar-refractivity contribution in [1.82, 2.24) is 24.6 Å². The predicted octanol–water partition coefficient (Wildman–Crippen LogP) is 6.07. The van der Waals surface area contributed by atoms with E-state index in [1.54, 1.807) is 29.3 Å². The van der Waals surface area contributed by atoms with Crippen LogP contribution in [0, 0.1) is 5.95 Å². The maximum Gasteiger partial charge on any atom is 0.411 e. The van der Waals surface area contributed by atoms with E-state index in [1.807, 2.05) is 39.5 Å². The molecule has 4 atom stereocenters. The molecule has 10 nitrogen and oxygen atoms in total. The number of methoxy groups -OCH3 is 1.